The third-order valence-corrected chi connectivity index (χ3v) is 4.63. The molecule has 0 radical (unpaired) electrons. The lowest BCUT2D eigenvalue weighted by Crippen LogP contribution is -2.36. The fraction of sp³-hybridized carbons (Fsp3) is 0.750. The number of carbonyl (C=O) groups is 1. The molecule has 1 saturated heterocycles. The third-order valence-electron chi connectivity index (χ3n) is 4.63. The molecular formula is C16H26N4O. The molecule has 2 aliphatic heterocycles. The highest BCUT2D eigenvalue weighted by Crippen LogP contribution is 2.27. The highest BCUT2D eigenvalue weighted by Gasteiger charge is 2.30. The average molecular weight is 290 g/mol. The SMILES string of the molecule is CC(C)c1nc2c(n1C(C)C(=O)N1CCCC1)CCNC2. The third kappa shape index (κ3) is 2.59. The Morgan fingerprint density at radius 1 is 1.24 bits per heavy atom. The zero-order chi connectivity index (χ0) is 15.0. The molecule has 1 aromatic rings. The average Bonchev–Trinajstić information content (AvgIpc) is 3.12. The first-order chi connectivity index (χ1) is 10.1. The van der Waals surface area contributed by atoms with Gasteiger partial charge in [0.1, 0.15) is 11.9 Å². The maximum absolute atomic E-state index is 12.8. The fourth-order valence-corrected chi connectivity index (χ4v) is 3.51. The van der Waals surface area contributed by atoms with E-state index in [0.717, 1.165) is 57.0 Å². The number of fused-ring (bicyclic) bond motifs is 1. The maximum atomic E-state index is 12.8. The van der Waals surface area contributed by atoms with Crippen molar-refractivity contribution in [3.8, 4) is 0 Å². The minimum atomic E-state index is -0.130. The molecular weight excluding hydrogens is 264 g/mol. The second-order valence-corrected chi connectivity index (χ2v) is 6.52. The van der Waals surface area contributed by atoms with E-state index in [1.54, 1.807) is 0 Å². The van der Waals surface area contributed by atoms with Gasteiger partial charge in [-0.15, -0.1) is 0 Å². The van der Waals surface area contributed by atoms with Crippen LogP contribution < -0.4 is 5.32 Å². The Morgan fingerprint density at radius 3 is 2.62 bits per heavy atom. The van der Waals surface area contributed by atoms with Gasteiger partial charge in [-0.1, -0.05) is 13.8 Å². The summed E-state index contributed by atoms with van der Waals surface area (Å²) in [5.74, 6) is 1.65. The standard InChI is InChI=1S/C16H26N4O/c1-11(2)15-18-13-10-17-7-6-14(13)20(15)12(3)16(21)19-8-4-5-9-19/h11-12,17H,4-10H2,1-3H3. The number of carbonyl (C=O) groups excluding carboxylic acids is 1. The second-order valence-electron chi connectivity index (χ2n) is 6.52. The molecule has 0 bridgehead atoms. The summed E-state index contributed by atoms with van der Waals surface area (Å²) in [5.41, 5.74) is 2.39. The van der Waals surface area contributed by atoms with Crippen molar-refractivity contribution in [3.05, 3.63) is 17.2 Å². The molecule has 1 fully saturated rings. The van der Waals surface area contributed by atoms with Crippen LogP contribution in [0.1, 0.15) is 62.8 Å². The van der Waals surface area contributed by atoms with E-state index in [9.17, 15) is 4.79 Å². The summed E-state index contributed by atoms with van der Waals surface area (Å²) in [6.07, 6.45) is 3.25. The number of aromatic nitrogens is 2. The largest absolute Gasteiger partial charge is 0.341 e. The summed E-state index contributed by atoms with van der Waals surface area (Å²) in [4.78, 5) is 19.6. The van der Waals surface area contributed by atoms with Crippen molar-refractivity contribution in [2.24, 2.45) is 0 Å². The van der Waals surface area contributed by atoms with Crippen LogP contribution in [0.25, 0.3) is 0 Å². The quantitative estimate of drug-likeness (QED) is 0.924. The van der Waals surface area contributed by atoms with Crippen LogP contribution in [-0.4, -0.2) is 40.0 Å². The van der Waals surface area contributed by atoms with E-state index in [2.05, 4.69) is 23.7 Å². The molecule has 1 N–H and O–H groups in total. The predicted octanol–water partition coefficient (Wildman–Crippen LogP) is 1.84. The normalized spacial score (nSPS) is 19.9. The van der Waals surface area contributed by atoms with Crippen LogP contribution in [0.5, 0.6) is 0 Å². The van der Waals surface area contributed by atoms with E-state index >= 15 is 0 Å². The smallest absolute Gasteiger partial charge is 0.245 e. The van der Waals surface area contributed by atoms with E-state index in [0.29, 0.717) is 5.92 Å². The van der Waals surface area contributed by atoms with Gasteiger partial charge in [0.05, 0.1) is 5.69 Å². The Morgan fingerprint density at radius 2 is 1.95 bits per heavy atom. The molecule has 0 spiro atoms. The van der Waals surface area contributed by atoms with Gasteiger partial charge < -0.3 is 14.8 Å². The van der Waals surface area contributed by atoms with E-state index < -0.39 is 0 Å². The van der Waals surface area contributed by atoms with Crippen LogP contribution in [0.15, 0.2) is 0 Å². The highest BCUT2D eigenvalue weighted by atomic mass is 16.2. The summed E-state index contributed by atoms with van der Waals surface area (Å²) in [6.45, 7) is 9.98. The first kappa shape index (κ1) is 14.6. The lowest BCUT2D eigenvalue weighted by molar-refractivity contribution is -0.133. The van der Waals surface area contributed by atoms with Gasteiger partial charge in [-0.3, -0.25) is 4.79 Å². The van der Waals surface area contributed by atoms with E-state index in [-0.39, 0.29) is 11.9 Å². The molecule has 5 nitrogen and oxygen atoms in total. The Balaban J connectivity index is 1.95. The topological polar surface area (TPSA) is 50.2 Å². The van der Waals surface area contributed by atoms with Crippen molar-refractivity contribution in [2.45, 2.75) is 58.5 Å². The van der Waals surface area contributed by atoms with Gasteiger partial charge in [-0.05, 0) is 19.8 Å². The lowest BCUT2D eigenvalue weighted by Gasteiger charge is -2.26. The van der Waals surface area contributed by atoms with Gasteiger partial charge >= 0.3 is 0 Å². The fourth-order valence-electron chi connectivity index (χ4n) is 3.51. The number of nitrogens with one attached hydrogen (secondary N) is 1. The number of rotatable bonds is 3. The molecule has 21 heavy (non-hydrogen) atoms. The molecule has 116 valence electrons. The second kappa shape index (κ2) is 5.79. The number of amides is 1. The molecule has 3 heterocycles. The van der Waals surface area contributed by atoms with Crippen molar-refractivity contribution in [1.82, 2.24) is 19.8 Å². The van der Waals surface area contributed by atoms with Crippen LogP contribution in [-0.2, 0) is 17.8 Å². The van der Waals surface area contributed by atoms with E-state index in [1.165, 1.54) is 5.69 Å². The summed E-state index contributed by atoms with van der Waals surface area (Å²) in [7, 11) is 0. The number of likely N-dealkylation sites (tertiary alicyclic amines) is 1. The minimum Gasteiger partial charge on any atom is -0.341 e. The van der Waals surface area contributed by atoms with E-state index in [4.69, 9.17) is 4.98 Å². The summed E-state index contributed by atoms with van der Waals surface area (Å²) < 4.78 is 2.22. The highest BCUT2D eigenvalue weighted by molar-refractivity contribution is 5.80. The zero-order valence-electron chi connectivity index (χ0n) is 13.4. The van der Waals surface area contributed by atoms with Gasteiger partial charge in [0, 0.05) is 44.2 Å². The monoisotopic (exact) mass is 290 g/mol. The molecule has 0 aromatic carbocycles. The van der Waals surface area contributed by atoms with Crippen molar-refractivity contribution in [2.75, 3.05) is 19.6 Å². The molecule has 2 aliphatic rings. The summed E-state index contributed by atoms with van der Waals surface area (Å²) >= 11 is 0. The first-order valence-electron chi connectivity index (χ1n) is 8.19. The Labute approximate surface area is 126 Å². The number of imidazole rings is 1. The van der Waals surface area contributed by atoms with Crippen molar-refractivity contribution in [3.63, 3.8) is 0 Å². The van der Waals surface area contributed by atoms with Crippen molar-refractivity contribution < 1.29 is 4.79 Å². The lowest BCUT2D eigenvalue weighted by atomic mass is 10.1. The summed E-state index contributed by atoms with van der Waals surface area (Å²) in [5, 5.41) is 3.37. The van der Waals surface area contributed by atoms with Gasteiger partial charge in [-0.2, -0.15) is 0 Å². The Hall–Kier alpha value is -1.36. The van der Waals surface area contributed by atoms with Gasteiger partial charge in [0.25, 0.3) is 0 Å². The maximum Gasteiger partial charge on any atom is 0.245 e. The number of hydrogen-bond acceptors (Lipinski definition) is 3. The minimum absolute atomic E-state index is 0.130. The van der Waals surface area contributed by atoms with Crippen LogP contribution >= 0.6 is 0 Å². The van der Waals surface area contributed by atoms with Crippen molar-refractivity contribution in [1.29, 1.82) is 0 Å². The van der Waals surface area contributed by atoms with Gasteiger partial charge in [0.15, 0.2) is 0 Å². The molecule has 5 heteroatoms. The molecule has 1 amide bonds. The number of hydrogen-bond donors (Lipinski definition) is 1. The first-order valence-corrected chi connectivity index (χ1v) is 8.19. The Kier molecular flexibility index (Phi) is 4.02. The molecule has 1 atom stereocenters. The Bertz CT molecular complexity index is 529. The van der Waals surface area contributed by atoms with Gasteiger partial charge in [0.2, 0.25) is 5.91 Å². The van der Waals surface area contributed by atoms with Crippen LogP contribution in [0, 0.1) is 0 Å². The zero-order valence-corrected chi connectivity index (χ0v) is 13.4. The predicted molar refractivity (Wildman–Crippen MR) is 82.3 cm³/mol. The molecule has 0 aliphatic carbocycles. The van der Waals surface area contributed by atoms with Crippen LogP contribution in [0.2, 0.25) is 0 Å². The summed E-state index contributed by atoms with van der Waals surface area (Å²) in [6, 6.07) is -0.130. The molecule has 3 rings (SSSR count). The molecule has 1 aromatic heterocycles. The van der Waals surface area contributed by atoms with Crippen LogP contribution in [0.4, 0.5) is 0 Å². The van der Waals surface area contributed by atoms with E-state index in [1.807, 2.05) is 11.8 Å². The van der Waals surface area contributed by atoms with Gasteiger partial charge in [-0.25, -0.2) is 4.98 Å². The number of nitrogens with zero attached hydrogens (tertiary/aromatic N) is 3. The molecule has 0 saturated carbocycles. The molecule has 1 unspecified atom stereocenters. The van der Waals surface area contributed by atoms with Crippen molar-refractivity contribution >= 4 is 5.91 Å². The van der Waals surface area contributed by atoms with Crippen LogP contribution in [0.3, 0.4) is 0 Å².